The Bertz CT molecular complexity index is 188. The van der Waals surface area contributed by atoms with Gasteiger partial charge >= 0.3 is 0 Å². The van der Waals surface area contributed by atoms with E-state index in [0.717, 1.165) is 12.7 Å². The Morgan fingerprint density at radius 2 is 2.09 bits per heavy atom. The molecule has 0 aromatic heterocycles. The Morgan fingerprint density at radius 3 is 2.36 bits per heavy atom. The number of methoxy groups -OCH3 is 1. The van der Waals surface area contributed by atoms with Crippen LogP contribution in [0.5, 0.6) is 0 Å². The molecule has 0 aliphatic carbocycles. The molecular weight excluding hydrogens is 166 g/mol. The molecule has 0 aromatic carbocycles. The van der Waals surface area contributed by atoms with Gasteiger partial charge in [0.2, 0.25) is 10.0 Å². The number of hydrogen-bond acceptors (Lipinski definition) is 3. The second kappa shape index (κ2) is 4.69. The van der Waals surface area contributed by atoms with Gasteiger partial charge in [0.05, 0.1) is 12.9 Å². The van der Waals surface area contributed by atoms with Gasteiger partial charge in [-0.2, -0.15) is 0 Å². The summed E-state index contributed by atoms with van der Waals surface area (Å²) >= 11 is 0. The van der Waals surface area contributed by atoms with Crippen LogP contribution in [0.25, 0.3) is 0 Å². The third-order valence-corrected chi connectivity index (χ3v) is 2.00. The fourth-order valence-electron chi connectivity index (χ4n) is 0.739. The van der Waals surface area contributed by atoms with Crippen LogP contribution in [0, 0.1) is 0 Å². The lowest BCUT2D eigenvalue weighted by molar-refractivity contribution is 0.173. The van der Waals surface area contributed by atoms with Gasteiger partial charge in [-0.3, -0.25) is 0 Å². The van der Waals surface area contributed by atoms with Gasteiger partial charge in [-0.1, -0.05) is 6.92 Å². The number of ether oxygens (including phenoxy) is 1. The summed E-state index contributed by atoms with van der Waals surface area (Å²) < 4.78 is 28.7. The van der Waals surface area contributed by atoms with Gasteiger partial charge in [0.25, 0.3) is 0 Å². The van der Waals surface area contributed by atoms with Gasteiger partial charge in [-0.25, -0.2) is 13.1 Å². The maximum Gasteiger partial charge on any atom is 0.209 e. The first kappa shape index (κ1) is 10.9. The smallest absolute Gasteiger partial charge is 0.209 e. The van der Waals surface area contributed by atoms with Crippen molar-refractivity contribution in [3.63, 3.8) is 0 Å². The zero-order chi connectivity index (χ0) is 8.91. The molecule has 68 valence electrons. The van der Waals surface area contributed by atoms with Crippen LogP contribution in [-0.2, 0) is 14.8 Å². The van der Waals surface area contributed by atoms with Crippen LogP contribution in [0.1, 0.15) is 13.3 Å². The van der Waals surface area contributed by atoms with Gasteiger partial charge in [0.1, 0.15) is 0 Å². The quantitative estimate of drug-likeness (QED) is 0.647. The minimum Gasteiger partial charge on any atom is -0.383 e. The van der Waals surface area contributed by atoms with Crippen LogP contribution in [0.2, 0.25) is 0 Å². The molecule has 0 saturated carbocycles. The van der Waals surface area contributed by atoms with Crippen LogP contribution in [0.4, 0.5) is 0 Å². The van der Waals surface area contributed by atoms with E-state index in [-0.39, 0.29) is 6.04 Å². The van der Waals surface area contributed by atoms with Crippen molar-refractivity contribution in [2.75, 3.05) is 20.0 Å². The fraction of sp³-hybridized carbons (Fsp3) is 1.00. The molecule has 1 unspecified atom stereocenters. The summed E-state index contributed by atoms with van der Waals surface area (Å²) in [5, 5.41) is 0. The molecule has 0 aliphatic rings. The molecule has 5 heteroatoms. The minimum absolute atomic E-state index is 0.102. The summed E-state index contributed by atoms with van der Waals surface area (Å²) in [5.74, 6) is 0. The predicted molar refractivity (Wildman–Crippen MR) is 43.9 cm³/mol. The highest BCUT2D eigenvalue weighted by Crippen LogP contribution is 1.92. The van der Waals surface area contributed by atoms with E-state index >= 15 is 0 Å². The Kier molecular flexibility index (Phi) is 4.63. The first-order valence-electron chi connectivity index (χ1n) is 3.45. The molecule has 0 amide bonds. The largest absolute Gasteiger partial charge is 0.383 e. The summed E-state index contributed by atoms with van der Waals surface area (Å²) in [6, 6.07) is -0.102. The maximum atomic E-state index is 10.7. The third-order valence-electron chi connectivity index (χ3n) is 1.24. The van der Waals surface area contributed by atoms with Crippen molar-refractivity contribution in [1.82, 2.24) is 4.72 Å². The minimum atomic E-state index is -3.09. The average molecular weight is 181 g/mol. The van der Waals surface area contributed by atoms with E-state index in [2.05, 4.69) is 4.72 Å². The van der Waals surface area contributed by atoms with Crippen LogP contribution >= 0.6 is 0 Å². The summed E-state index contributed by atoms with van der Waals surface area (Å²) in [4.78, 5) is 0. The average Bonchev–Trinajstić information content (AvgIpc) is 1.84. The van der Waals surface area contributed by atoms with Gasteiger partial charge in [-0.05, 0) is 6.42 Å². The number of sulfonamides is 1. The number of rotatable bonds is 5. The summed E-state index contributed by atoms with van der Waals surface area (Å²) in [6.07, 6.45) is 1.88. The highest BCUT2D eigenvalue weighted by molar-refractivity contribution is 7.88. The molecule has 0 spiro atoms. The fourth-order valence-corrected chi connectivity index (χ4v) is 1.58. The molecule has 0 aliphatic heterocycles. The molecule has 11 heavy (non-hydrogen) atoms. The van der Waals surface area contributed by atoms with E-state index in [1.807, 2.05) is 6.92 Å². The topological polar surface area (TPSA) is 55.4 Å². The summed E-state index contributed by atoms with van der Waals surface area (Å²) in [7, 11) is -1.54. The van der Waals surface area contributed by atoms with E-state index in [4.69, 9.17) is 4.74 Å². The number of hydrogen-bond donors (Lipinski definition) is 1. The van der Waals surface area contributed by atoms with Crippen molar-refractivity contribution < 1.29 is 13.2 Å². The van der Waals surface area contributed by atoms with Crippen molar-refractivity contribution in [3.05, 3.63) is 0 Å². The van der Waals surface area contributed by atoms with Gasteiger partial charge in [0.15, 0.2) is 0 Å². The SMILES string of the molecule is CCC(COC)NS(C)(=O)=O. The number of nitrogens with one attached hydrogen (secondary N) is 1. The molecule has 0 heterocycles. The van der Waals surface area contributed by atoms with Gasteiger partial charge in [-0.15, -0.1) is 0 Å². The molecule has 0 radical (unpaired) electrons. The van der Waals surface area contributed by atoms with E-state index in [0.29, 0.717) is 6.61 Å². The summed E-state index contributed by atoms with van der Waals surface area (Å²) in [6.45, 7) is 2.32. The van der Waals surface area contributed by atoms with Crippen molar-refractivity contribution in [1.29, 1.82) is 0 Å². The standard InChI is InChI=1S/C6H15NO3S/c1-4-6(5-10-2)7-11(3,8)9/h6-7H,4-5H2,1-3H3. The van der Waals surface area contributed by atoms with Crippen molar-refractivity contribution >= 4 is 10.0 Å². The second-order valence-electron chi connectivity index (χ2n) is 2.45. The van der Waals surface area contributed by atoms with Crippen LogP contribution in [0.15, 0.2) is 0 Å². The molecule has 0 saturated heterocycles. The first-order chi connectivity index (χ1) is 4.99. The maximum absolute atomic E-state index is 10.7. The molecule has 0 aromatic rings. The van der Waals surface area contributed by atoms with E-state index in [1.54, 1.807) is 7.11 Å². The highest BCUT2D eigenvalue weighted by atomic mass is 32.2. The zero-order valence-electron chi connectivity index (χ0n) is 7.12. The van der Waals surface area contributed by atoms with E-state index < -0.39 is 10.0 Å². The molecule has 1 atom stereocenters. The van der Waals surface area contributed by atoms with Crippen LogP contribution in [-0.4, -0.2) is 34.4 Å². The van der Waals surface area contributed by atoms with Gasteiger partial charge in [0, 0.05) is 13.2 Å². The second-order valence-corrected chi connectivity index (χ2v) is 4.23. The Morgan fingerprint density at radius 1 is 1.55 bits per heavy atom. The third kappa shape index (κ3) is 6.28. The lowest BCUT2D eigenvalue weighted by Gasteiger charge is -2.13. The predicted octanol–water partition coefficient (Wildman–Crippen LogP) is -0.0394. The van der Waals surface area contributed by atoms with E-state index in [9.17, 15) is 8.42 Å². The molecular formula is C6H15NO3S. The molecule has 4 nitrogen and oxygen atoms in total. The lowest BCUT2D eigenvalue weighted by Crippen LogP contribution is -2.36. The van der Waals surface area contributed by atoms with Crippen molar-refractivity contribution in [3.8, 4) is 0 Å². The lowest BCUT2D eigenvalue weighted by atomic mass is 10.3. The highest BCUT2D eigenvalue weighted by Gasteiger charge is 2.10. The van der Waals surface area contributed by atoms with E-state index in [1.165, 1.54) is 0 Å². The zero-order valence-corrected chi connectivity index (χ0v) is 7.94. The molecule has 0 bridgehead atoms. The Balaban J connectivity index is 3.88. The van der Waals surface area contributed by atoms with Crippen LogP contribution < -0.4 is 4.72 Å². The summed E-state index contributed by atoms with van der Waals surface area (Å²) in [5.41, 5.74) is 0. The Labute approximate surface area is 68.0 Å². The molecule has 1 N–H and O–H groups in total. The molecule has 0 fully saturated rings. The van der Waals surface area contributed by atoms with Crippen molar-refractivity contribution in [2.45, 2.75) is 19.4 Å². The molecule has 0 rings (SSSR count). The Hall–Kier alpha value is -0.130. The monoisotopic (exact) mass is 181 g/mol. The first-order valence-corrected chi connectivity index (χ1v) is 5.35. The normalized spacial score (nSPS) is 14.8. The van der Waals surface area contributed by atoms with Crippen molar-refractivity contribution in [2.24, 2.45) is 0 Å². The van der Waals surface area contributed by atoms with Crippen LogP contribution in [0.3, 0.4) is 0 Å². The van der Waals surface area contributed by atoms with Gasteiger partial charge < -0.3 is 4.74 Å².